The van der Waals surface area contributed by atoms with Gasteiger partial charge in [-0.3, -0.25) is 14.6 Å². The van der Waals surface area contributed by atoms with Crippen LogP contribution in [0.2, 0.25) is 0 Å². The number of rotatable bonds is 6. The van der Waals surface area contributed by atoms with Gasteiger partial charge in [-0.05, 0) is 34.6 Å². The van der Waals surface area contributed by atoms with Gasteiger partial charge in [-0.1, -0.05) is 0 Å². The summed E-state index contributed by atoms with van der Waals surface area (Å²) in [7, 11) is 0. The highest BCUT2D eigenvalue weighted by molar-refractivity contribution is 5.93. The average molecular weight is 337 g/mol. The highest BCUT2D eigenvalue weighted by atomic mass is 16.3. The molecule has 1 aromatic heterocycles. The van der Waals surface area contributed by atoms with Crippen molar-refractivity contribution in [3.8, 4) is 0 Å². The van der Waals surface area contributed by atoms with Crippen molar-refractivity contribution in [3.63, 3.8) is 0 Å². The second-order valence-electron chi connectivity index (χ2n) is 7.11. The van der Waals surface area contributed by atoms with E-state index in [9.17, 15) is 9.90 Å². The van der Waals surface area contributed by atoms with E-state index < -0.39 is 0 Å². The lowest BCUT2D eigenvalue weighted by atomic mass is 10.1. The zero-order valence-electron chi connectivity index (χ0n) is 15.4. The predicted octanol–water partition coefficient (Wildman–Crippen LogP) is 1.18. The zero-order chi connectivity index (χ0) is 17.9. The molecular weight excluding hydrogens is 306 g/mol. The van der Waals surface area contributed by atoms with E-state index in [1.54, 1.807) is 6.20 Å². The molecule has 0 spiro atoms. The number of aliphatic hydroxyl groups is 1. The van der Waals surface area contributed by atoms with Gasteiger partial charge in [0.2, 0.25) is 5.91 Å². The first-order chi connectivity index (χ1) is 11.3. The molecule has 0 aliphatic carbocycles. The van der Waals surface area contributed by atoms with Crippen molar-refractivity contribution in [1.29, 1.82) is 0 Å². The third kappa shape index (κ3) is 4.55. The Labute approximate surface area is 144 Å². The minimum absolute atomic E-state index is 0.00595. The average Bonchev–Trinajstić information content (AvgIpc) is 2.96. The second-order valence-corrected chi connectivity index (χ2v) is 7.11. The Bertz CT molecular complexity index is 543. The minimum Gasteiger partial charge on any atom is -0.392 e. The van der Waals surface area contributed by atoms with Crippen LogP contribution in [0.5, 0.6) is 0 Å². The van der Waals surface area contributed by atoms with E-state index in [0.717, 1.165) is 25.5 Å². The van der Waals surface area contributed by atoms with Crippen LogP contribution in [-0.4, -0.2) is 75.0 Å². The first kappa shape index (κ1) is 18.9. The summed E-state index contributed by atoms with van der Waals surface area (Å²) in [6.45, 7) is 13.2. The fourth-order valence-corrected chi connectivity index (χ4v) is 3.21. The van der Waals surface area contributed by atoms with Crippen LogP contribution in [0.3, 0.4) is 0 Å². The lowest BCUT2D eigenvalue weighted by Gasteiger charge is -2.42. The fourth-order valence-electron chi connectivity index (χ4n) is 3.21. The third-order valence-electron chi connectivity index (χ3n) is 4.63. The molecule has 0 saturated carbocycles. The van der Waals surface area contributed by atoms with Crippen LogP contribution in [0, 0.1) is 0 Å². The fraction of sp³-hybridized carbons (Fsp3) is 0.765. The zero-order valence-corrected chi connectivity index (χ0v) is 15.4. The molecule has 7 nitrogen and oxygen atoms in total. The SMILES string of the molecule is CC(C)n1nccc1NC(=O)[C@@H](C)N1CCN(C[C@H](C)O)[C@@H](C)C1. The third-order valence-corrected chi connectivity index (χ3v) is 4.63. The van der Waals surface area contributed by atoms with Gasteiger partial charge < -0.3 is 10.4 Å². The van der Waals surface area contributed by atoms with Crippen LogP contribution in [0.4, 0.5) is 5.82 Å². The number of nitrogens with zero attached hydrogens (tertiary/aromatic N) is 4. The maximum Gasteiger partial charge on any atom is 0.242 e. The van der Waals surface area contributed by atoms with Crippen LogP contribution in [0.1, 0.15) is 40.7 Å². The quantitative estimate of drug-likeness (QED) is 0.815. The van der Waals surface area contributed by atoms with Crippen LogP contribution < -0.4 is 5.32 Å². The Morgan fingerprint density at radius 3 is 2.67 bits per heavy atom. The number of hydrogen-bond acceptors (Lipinski definition) is 5. The number of aromatic nitrogens is 2. The molecule has 0 bridgehead atoms. The van der Waals surface area contributed by atoms with Crippen molar-refractivity contribution in [3.05, 3.63) is 12.3 Å². The predicted molar refractivity (Wildman–Crippen MR) is 95.0 cm³/mol. The van der Waals surface area contributed by atoms with E-state index in [2.05, 4.69) is 27.1 Å². The summed E-state index contributed by atoms with van der Waals surface area (Å²) in [5.41, 5.74) is 0. The topological polar surface area (TPSA) is 73.6 Å². The molecule has 0 unspecified atom stereocenters. The molecule has 3 atom stereocenters. The summed E-state index contributed by atoms with van der Waals surface area (Å²) in [6, 6.07) is 2.16. The molecule has 7 heteroatoms. The number of hydrogen-bond donors (Lipinski definition) is 2. The van der Waals surface area contributed by atoms with Crippen LogP contribution in [0.25, 0.3) is 0 Å². The number of carbonyl (C=O) groups is 1. The molecule has 2 heterocycles. The molecule has 0 aromatic carbocycles. The van der Waals surface area contributed by atoms with Crippen LogP contribution in [-0.2, 0) is 4.79 Å². The highest BCUT2D eigenvalue weighted by Crippen LogP contribution is 2.16. The van der Waals surface area contributed by atoms with Crippen molar-refractivity contribution in [2.75, 3.05) is 31.5 Å². The standard InChI is InChI=1S/C17H31N5O2/c1-12(2)22-16(6-7-18-22)19-17(24)15(5)21-9-8-20(11-14(4)23)13(3)10-21/h6-7,12-15,23H,8-11H2,1-5H3,(H,19,24)/t13-,14-,15+/m0/s1. The van der Waals surface area contributed by atoms with Crippen molar-refractivity contribution in [2.24, 2.45) is 0 Å². The molecule has 136 valence electrons. The number of piperazine rings is 1. The first-order valence-electron chi connectivity index (χ1n) is 8.80. The Kier molecular flexibility index (Phi) is 6.37. The van der Waals surface area contributed by atoms with E-state index >= 15 is 0 Å². The molecule has 1 fully saturated rings. The molecule has 2 N–H and O–H groups in total. The molecule has 1 aliphatic heterocycles. The van der Waals surface area contributed by atoms with Gasteiger partial charge in [0, 0.05) is 44.3 Å². The molecule has 0 radical (unpaired) electrons. The van der Waals surface area contributed by atoms with Crippen molar-refractivity contribution in [2.45, 2.75) is 58.8 Å². The molecule has 24 heavy (non-hydrogen) atoms. The number of carbonyl (C=O) groups excluding carboxylic acids is 1. The maximum absolute atomic E-state index is 12.6. The molecule has 1 aromatic rings. The maximum atomic E-state index is 12.6. The van der Waals surface area contributed by atoms with Crippen molar-refractivity contribution in [1.82, 2.24) is 19.6 Å². The minimum atomic E-state index is -0.323. The molecule has 1 aliphatic rings. The van der Waals surface area contributed by atoms with Crippen molar-refractivity contribution >= 4 is 11.7 Å². The summed E-state index contributed by atoms with van der Waals surface area (Å²) in [5, 5.41) is 16.8. The Morgan fingerprint density at radius 1 is 1.38 bits per heavy atom. The van der Waals surface area contributed by atoms with E-state index in [4.69, 9.17) is 0 Å². The van der Waals surface area contributed by atoms with Gasteiger partial charge in [0.1, 0.15) is 5.82 Å². The summed E-state index contributed by atoms with van der Waals surface area (Å²) >= 11 is 0. The van der Waals surface area contributed by atoms with E-state index in [-0.39, 0.29) is 24.1 Å². The highest BCUT2D eigenvalue weighted by Gasteiger charge is 2.30. The summed E-state index contributed by atoms with van der Waals surface area (Å²) < 4.78 is 1.81. The molecule has 2 rings (SSSR count). The van der Waals surface area contributed by atoms with E-state index in [1.807, 2.05) is 38.4 Å². The van der Waals surface area contributed by atoms with Crippen LogP contribution in [0.15, 0.2) is 12.3 Å². The van der Waals surface area contributed by atoms with Crippen molar-refractivity contribution < 1.29 is 9.90 Å². The smallest absolute Gasteiger partial charge is 0.242 e. The summed E-state index contributed by atoms with van der Waals surface area (Å²) in [6.07, 6.45) is 1.38. The normalized spacial score (nSPS) is 22.5. The van der Waals surface area contributed by atoms with E-state index in [0.29, 0.717) is 12.6 Å². The van der Waals surface area contributed by atoms with Crippen LogP contribution >= 0.6 is 0 Å². The molecular formula is C17H31N5O2. The number of anilines is 1. The summed E-state index contributed by atoms with van der Waals surface area (Å²) in [4.78, 5) is 17.1. The van der Waals surface area contributed by atoms with Gasteiger partial charge >= 0.3 is 0 Å². The van der Waals surface area contributed by atoms with Gasteiger partial charge in [-0.15, -0.1) is 0 Å². The molecule has 1 saturated heterocycles. The number of β-amino-alcohol motifs (C(OH)–C–C–N with tert-alkyl or cyclic N) is 1. The molecule has 1 amide bonds. The van der Waals surface area contributed by atoms with Gasteiger partial charge in [0.05, 0.1) is 18.3 Å². The lowest BCUT2D eigenvalue weighted by Crippen LogP contribution is -2.57. The largest absolute Gasteiger partial charge is 0.392 e. The number of amides is 1. The number of nitrogens with one attached hydrogen (secondary N) is 1. The Balaban J connectivity index is 1.93. The Hall–Kier alpha value is -1.44. The summed E-state index contributed by atoms with van der Waals surface area (Å²) in [5.74, 6) is 0.733. The monoisotopic (exact) mass is 337 g/mol. The lowest BCUT2D eigenvalue weighted by molar-refractivity contribution is -0.122. The van der Waals surface area contributed by atoms with Gasteiger partial charge in [0.15, 0.2) is 0 Å². The van der Waals surface area contributed by atoms with Gasteiger partial charge in [-0.25, -0.2) is 4.68 Å². The second kappa shape index (κ2) is 8.09. The van der Waals surface area contributed by atoms with Gasteiger partial charge in [0.25, 0.3) is 0 Å². The van der Waals surface area contributed by atoms with Gasteiger partial charge in [-0.2, -0.15) is 5.10 Å². The van der Waals surface area contributed by atoms with E-state index in [1.165, 1.54) is 0 Å². The number of aliphatic hydroxyl groups excluding tert-OH is 1. The Morgan fingerprint density at radius 2 is 2.08 bits per heavy atom. The first-order valence-corrected chi connectivity index (χ1v) is 8.80.